The van der Waals surface area contributed by atoms with Gasteiger partial charge in [0, 0.05) is 16.6 Å². The zero-order chi connectivity index (χ0) is 16.6. The van der Waals surface area contributed by atoms with E-state index in [-0.39, 0.29) is 17.1 Å². The molecule has 118 valence electrons. The monoisotopic (exact) mass is 376 g/mol. The first-order valence-electron chi connectivity index (χ1n) is 6.67. The van der Waals surface area contributed by atoms with Crippen LogP contribution in [0.4, 0.5) is 0 Å². The van der Waals surface area contributed by atoms with Gasteiger partial charge in [-0.25, -0.2) is 9.78 Å². The molecule has 2 aromatic carbocycles. The number of fused-ring (bicyclic) bond motifs is 1. The zero-order valence-electron chi connectivity index (χ0n) is 12.4. The van der Waals surface area contributed by atoms with Crippen LogP contribution in [0.5, 0.6) is 11.5 Å². The summed E-state index contributed by atoms with van der Waals surface area (Å²) >= 11 is 3.41. The van der Waals surface area contributed by atoms with Crippen LogP contribution in [0, 0.1) is 0 Å². The van der Waals surface area contributed by atoms with Crippen molar-refractivity contribution >= 4 is 32.9 Å². The van der Waals surface area contributed by atoms with Crippen LogP contribution in [0.1, 0.15) is 10.4 Å². The SMILES string of the molecule is COc1cc(-n2cnc3cc(Br)ccc32)cc(OC)c1C(=O)O. The smallest absolute Gasteiger partial charge is 0.343 e. The van der Waals surface area contributed by atoms with Crippen molar-refractivity contribution in [3.63, 3.8) is 0 Å². The van der Waals surface area contributed by atoms with E-state index < -0.39 is 5.97 Å². The summed E-state index contributed by atoms with van der Waals surface area (Å²) in [5.41, 5.74) is 2.40. The van der Waals surface area contributed by atoms with Gasteiger partial charge in [0.05, 0.1) is 30.9 Å². The Labute approximate surface area is 140 Å². The van der Waals surface area contributed by atoms with E-state index in [9.17, 15) is 9.90 Å². The summed E-state index contributed by atoms with van der Waals surface area (Å²) in [7, 11) is 2.85. The van der Waals surface area contributed by atoms with Crippen LogP contribution < -0.4 is 9.47 Å². The maximum absolute atomic E-state index is 11.4. The lowest BCUT2D eigenvalue weighted by Crippen LogP contribution is -2.05. The molecule has 0 saturated carbocycles. The Kier molecular flexibility index (Phi) is 3.96. The molecular formula is C16H13BrN2O4. The van der Waals surface area contributed by atoms with Gasteiger partial charge >= 0.3 is 5.97 Å². The molecule has 0 aliphatic carbocycles. The van der Waals surface area contributed by atoms with Crippen molar-refractivity contribution in [3.05, 3.63) is 46.7 Å². The lowest BCUT2D eigenvalue weighted by Gasteiger charge is -2.13. The normalized spacial score (nSPS) is 10.7. The Morgan fingerprint density at radius 1 is 1.17 bits per heavy atom. The van der Waals surface area contributed by atoms with E-state index in [4.69, 9.17) is 9.47 Å². The number of rotatable bonds is 4. The summed E-state index contributed by atoms with van der Waals surface area (Å²) in [5, 5.41) is 9.35. The molecular weight excluding hydrogens is 364 g/mol. The minimum Gasteiger partial charge on any atom is -0.496 e. The van der Waals surface area contributed by atoms with E-state index in [2.05, 4.69) is 20.9 Å². The molecule has 0 aliphatic rings. The summed E-state index contributed by atoms with van der Waals surface area (Å²) < 4.78 is 13.2. The third-order valence-electron chi connectivity index (χ3n) is 3.49. The predicted octanol–water partition coefficient (Wildman–Crippen LogP) is 3.50. The molecule has 7 heteroatoms. The second-order valence-electron chi connectivity index (χ2n) is 4.78. The van der Waals surface area contributed by atoms with E-state index in [1.165, 1.54) is 14.2 Å². The number of aromatic carboxylic acids is 1. The van der Waals surface area contributed by atoms with Crippen molar-refractivity contribution in [2.45, 2.75) is 0 Å². The molecule has 23 heavy (non-hydrogen) atoms. The molecule has 1 N–H and O–H groups in total. The third kappa shape index (κ3) is 2.63. The molecule has 0 spiro atoms. The van der Waals surface area contributed by atoms with Crippen molar-refractivity contribution in [1.82, 2.24) is 9.55 Å². The molecule has 3 rings (SSSR count). The Morgan fingerprint density at radius 3 is 2.39 bits per heavy atom. The lowest BCUT2D eigenvalue weighted by atomic mass is 10.1. The predicted molar refractivity (Wildman–Crippen MR) is 88.8 cm³/mol. The number of aromatic nitrogens is 2. The maximum atomic E-state index is 11.4. The molecule has 0 bridgehead atoms. The molecule has 0 saturated heterocycles. The van der Waals surface area contributed by atoms with Crippen LogP contribution in [-0.4, -0.2) is 34.8 Å². The quantitative estimate of drug-likeness (QED) is 0.754. The Hall–Kier alpha value is -2.54. The van der Waals surface area contributed by atoms with Crippen molar-refractivity contribution in [2.24, 2.45) is 0 Å². The van der Waals surface area contributed by atoms with Gasteiger partial charge in [0.1, 0.15) is 23.4 Å². The van der Waals surface area contributed by atoms with Crippen LogP contribution in [0.3, 0.4) is 0 Å². The fourth-order valence-corrected chi connectivity index (χ4v) is 2.79. The van der Waals surface area contributed by atoms with Gasteiger partial charge in [0.25, 0.3) is 0 Å². The number of imidazole rings is 1. The fraction of sp³-hybridized carbons (Fsp3) is 0.125. The highest BCUT2D eigenvalue weighted by Gasteiger charge is 2.20. The summed E-state index contributed by atoms with van der Waals surface area (Å²) in [6.07, 6.45) is 1.67. The highest BCUT2D eigenvalue weighted by atomic mass is 79.9. The van der Waals surface area contributed by atoms with E-state index in [0.717, 1.165) is 15.5 Å². The first kappa shape index (κ1) is 15.4. The summed E-state index contributed by atoms with van der Waals surface area (Å²) in [6, 6.07) is 9.05. The van der Waals surface area contributed by atoms with Crippen LogP contribution in [0.2, 0.25) is 0 Å². The molecule has 1 aromatic heterocycles. The molecule has 3 aromatic rings. The number of methoxy groups -OCH3 is 2. The van der Waals surface area contributed by atoms with Crippen molar-refractivity contribution < 1.29 is 19.4 Å². The van der Waals surface area contributed by atoms with Gasteiger partial charge in [-0.3, -0.25) is 4.57 Å². The van der Waals surface area contributed by atoms with E-state index in [1.807, 2.05) is 22.8 Å². The number of carbonyl (C=O) groups is 1. The van der Waals surface area contributed by atoms with Gasteiger partial charge in [-0.05, 0) is 18.2 Å². The number of carboxylic acid groups (broad SMARTS) is 1. The lowest BCUT2D eigenvalue weighted by molar-refractivity contribution is 0.0689. The molecule has 1 heterocycles. The van der Waals surface area contributed by atoms with Crippen LogP contribution >= 0.6 is 15.9 Å². The van der Waals surface area contributed by atoms with E-state index >= 15 is 0 Å². The second kappa shape index (κ2) is 5.92. The molecule has 0 atom stereocenters. The van der Waals surface area contributed by atoms with Gasteiger partial charge in [0.2, 0.25) is 0 Å². The number of halogens is 1. The van der Waals surface area contributed by atoms with Gasteiger partial charge in [0.15, 0.2) is 0 Å². The Bertz CT molecular complexity index is 879. The van der Waals surface area contributed by atoms with Gasteiger partial charge in [-0.15, -0.1) is 0 Å². The first-order valence-corrected chi connectivity index (χ1v) is 7.46. The number of carboxylic acids is 1. The van der Waals surface area contributed by atoms with E-state index in [0.29, 0.717) is 5.69 Å². The zero-order valence-corrected chi connectivity index (χ0v) is 14.0. The van der Waals surface area contributed by atoms with Crippen molar-refractivity contribution in [1.29, 1.82) is 0 Å². The molecule has 6 nitrogen and oxygen atoms in total. The molecule has 0 radical (unpaired) electrons. The topological polar surface area (TPSA) is 73.6 Å². The average Bonchev–Trinajstić information content (AvgIpc) is 2.96. The Morgan fingerprint density at radius 2 is 1.83 bits per heavy atom. The first-order chi connectivity index (χ1) is 11.0. The number of hydrogen-bond acceptors (Lipinski definition) is 4. The average molecular weight is 377 g/mol. The molecule has 0 amide bonds. The standard InChI is InChI=1S/C16H13BrN2O4/c1-22-13-6-10(7-14(23-2)15(13)16(20)21)19-8-18-11-5-9(17)3-4-12(11)19/h3-8H,1-2H3,(H,20,21). The van der Waals surface area contributed by atoms with Crippen LogP contribution in [0.25, 0.3) is 16.7 Å². The summed E-state index contributed by atoms with van der Waals surface area (Å²) in [4.78, 5) is 15.8. The van der Waals surface area contributed by atoms with Crippen molar-refractivity contribution in [3.8, 4) is 17.2 Å². The highest BCUT2D eigenvalue weighted by Crippen LogP contribution is 2.33. The highest BCUT2D eigenvalue weighted by molar-refractivity contribution is 9.10. The summed E-state index contributed by atoms with van der Waals surface area (Å²) in [5.74, 6) is -0.652. The molecule has 0 fully saturated rings. The third-order valence-corrected chi connectivity index (χ3v) is 3.99. The summed E-state index contributed by atoms with van der Waals surface area (Å²) in [6.45, 7) is 0. The number of benzene rings is 2. The Balaban J connectivity index is 2.24. The van der Waals surface area contributed by atoms with Crippen molar-refractivity contribution in [2.75, 3.05) is 14.2 Å². The van der Waals surface area contributed by atoms with Gasteiger partial charge < -0.3 is 14.6 Å². The van der Waals surface area contributed by atoms with Gasteiger partial charge in [-0.2, -0.15) is 0 Å². The number of nitrogens with zero attached hydrogens (tertiary/aromatic N) is 2. The number of hydrogen-bond donors (Lipinski definition) is 1. The largest absolute Gasteiger partial charge is 0.496 e. The molecule has 0 aliphatic heterocycles. The second-order valence-corrected chi connectivity index (χ2v) is 5.69. The molecule has 0 unspecified atom stereocenters. The van der Waals surface area contributed by atoms with Crippen LogP contribution in [-0.2, 0) is 0 Å². The van der Waals surface area contributed by atoms with E-state index in [1.54, 1.807) is 18.5 Å². The fourth-order valence-electron chi connectivity index (χ4n) is 2.44. The van der Waals surface area contributed by atoms with Crippen LogP contribution in [0.15, 0.2) is 41.1 Å². The van der Waals surface area contributed by atoms with Gasteiger partial charge in [-0.1, -0.05) is 15.9 Å². The minimum absolute atomic E-state index is 0.00841. The minimum atomic E-state index is -1.11. The number of ether oxygens (including phenoxy) is 2. The maximum Gasteiger partial charge on any atom is 0.343 e.